The molecule has 0 spiro atoms. The van der Waals surface area contributed by atoms with Gasteiger partial charge in [-0.25, -0.2) is 4.39 Å². The normalized spacial score (nSPS) is 12.1. The molecule has 5 aromatic rings. The molecule has 1 N–H and O–H groups in total. The standard InChI is InChI=1S/C26H21FNS.C13H24O2.Ir/c1-15-12-17-13-16(14-22(25(17)29-15)26(2,3)4)24-21-9-8-20-18(6-5-7-23(20)27)19(21)10-11-28-24;1-5-10(6-2)12(14)9-13(15)11(7-3)8-4;/h5-12,14H,1-4H3;9-11,14H,5-8H2,1-4H3;/q-1;;/b;12-9-;. The number of thiophene rings is 1. The Hall–Kier alpha value is -2.92. The zero-order valence-corrected chi connectivity index (χ0v) is 30.9. The number of ketones is 1. The van der Waals surface area contributed by atoms with Crippen molar-refractivity contribution in [2.24, 2.45) is 11.8 Å². The van der Waals surface area contributed by atoms with Crippen LogP contribution in [0.5, 0.6) is 0 Å². The van der Waals surface area contributed by atoms with Crippen LogP contribution in [0.3, 0.4) is 0 Å². The van der Waals surface area contributed by atoms with Crippen molar-refractivity contribution in [2.75, 3.05) is 0 Å². The van der Waals surface area contributed by atoms with Crippen molar-refractivity contribution in [3.63, 3.8) is 0 Å². The zero-order valence-electron chi connectivity index (χ0n) is 27.7. The third-order valence-electron chi connectivity index (χ3n) is 8.55. The third kappa shape index (κ3) is 8.09. The van der Waals surface area contributed by atoms with Gasteiger partial charge in [-0.15, -0.1) is 23.6 Å². The van der Waals surface area contributed by atoms with Gasteiger partial charge in [-0.3, -0.25) is 9.78 Å². The van der Waals surface area contributed by atoms with Gasteiger partial charge in [0, 0.05) is 55.3 Å². The zero-order chi connectivity index (χ0) is 32.2. The number of pyridine rings is 1. The van der Waals surface area contributed by atoms with Crippen LogP contribution in [0.4, 0.5) is 4.39 Å². The van der Waals surface area contributed by atoms with Crippen molar-refractivity contribution in [3.05, 3.63) is 88.9 Å². The fourth-order valence-corrected chi connectivity index (χ4v) is 7.06. The van der Waals surface area contributed by atoms with Gasteiger partial charge in [0.2, 0.25) is 0 Å². The number of carbonyl (C=O) groups excluding carboxylic acids is 1. The van der Waals surface area contributed by atoms with Crippen LogP contribution in [-0.4, -0.2) is 15.9 Å². The van der Waals surface area contributed by atoms with E-state index >= 15 is 0 Å². The van der Waals surface area contributed by atoms with Gasteiger partial charge in [-0.05, 0) is 75.9 Å². The summed E-state index contributed by atoms with van der Waals surface area (Å²) in [5.74, 6) is 0.352. The molecule has 241 valence electrons. The summed E-state index contributed by atoms with van der Waals surface area (Å²) in [7, 11) is 0. The molecule has 1 radical (unpaired) electrons. The smallest absolute Gasteiger partial charge is 0.162 e. The number of rotatable bonds is 8. The fourth-order valence-electron chi connectivity index (χ4n) is 5.86. The number of aromatic nitrogens is 1. The molecule has 0 bridgehead atoms. The molecule has 0 aliphatic heterocycles. The maximum atomic E-state index is 14.3. The molecule has 45 heavy (non-hydrogen) atoms. The first-order valence-electron chi connectivity index (χ1n) is 15.8. The SMILES string of the molecule is CCC(CC)C(=O)/C=C(\O)C(CC)CC.Cc1cc2[c-]c(-c3nccc4c3ccc3c(F)cccc34)cc(C(C)(C)C)c2s1.[Ir]. The van der Waals surface area contributed by atoms with Crippen LogP contribution in [0.2, 0.25) is 0 Å². The Bertz CT molecular complexity index is 1810. The molecule has 0 amide bonds. The number of aliphatic hydroxyl groups is 1. The second-order valence-corrected chi connectivity index (χ2v) is 13.9. The number of aryl methyl sites for hydroxylation is 1. The molecule has 0 unspecified atom stereocenters. The third-order valence-corrected chi connectivity index (χ3v) is 9.64. The topological polar surface area (TPSA) is 50.2 Å². The van der Waals surface area contributed by atoms with E-state index in [9.17, 15) is 14.3 Å². The van der Waals surface area contributed by atoms with Crippen molar-refractivity contribution < 1.29 is 34.4 Å². The molecule has 3 nitrogen and oxygen atoms in total. The van der Waals surface area contributed by atoms with Gasteiger partial charge in [0.25, 0.3) is 0 Å². The van der Waals surface area contributed by atoms with Crippen LogP contribution in [0.25, 0.3) is 42.9 Å². The summed E-state index contributed by atoms with van der Waals surface area (Å²) < 4.78 is 15.6. The second-order valence-electron chi connectivity index (χ2n) is 12.6. The maximum absolute atomic E-state index is 14.3. The van der Waals surface area contributed by atoms with Gasteiger partial charge in [-0.1, -0.05) is 83.9 Å². The Balaban J connectivity index is 0.000000297. The van der Waals surface area contributed by atoms with E-state index in [1.54, 1.807) is 6.07 Å². The molecule has 0 aliphatic rings. The van der Waals surface area contributed by atoms with Crippen LogP contribution in [0, 0.1) is 30.6 Å². The van der Waals surface area contributed by atoms with Gasteiger partial charge in [0.15, 0.2) is 5.78 Å². The molecule has 0 atom stereocenters. The van der Waals surface area contributed by atoms with Gasteiger partial charge < -0.3 is 5.11 Å². The summed E-state index contributed by atoms with van der Waals surface area (Å²) >= 11 is 1.82. The molecule has 0 saturated carbocycles. The van der Waals surface area contributed by atoms with Crippen molar-refractivity contribution in [1.82, 2.24) is 4.98 Å². The van der Waals surface area contributed by atoms with Crippen molar-refractivity contribution in [1.29, 1.82) is 0 Å². The van der Waals surface area contributed by atoms with Gasteiger partial charge >= 0.3 is 0 Å². The van der Waals surface area contributed by atoms with E-state index in [0.29, 0.717) is 5.39 Å². The van der Waals surface area contributed by atoms with E-state index in [-0.39, 0.29) is 54.7 Å². The first kappa shape index (κ1) is 36.5. The number of hydrogen-bond acceptors (Lipinski definition) is 4. The molecule has 2 heterocycles. The summed E-state index contributed by atoms with van der Waals surface area (Å²) in [4.78, 5) is 17.7. The minimum Gasteiger partial charge on any atom is -0.512 e. The summed E-state index contributed by atoms with van der Waals surface area (Å²) in [5, 5.41) is 14.5. The molecule has 0 saturated heterocycles. The van der Waals surface area contributed by atoms with Crippen molar-refractivity contribution in [3.8, 4) is 11.3 Å². The van der Waals surface area contributed by atoms with Crippen LogP contribution in [-0.2, 0) is 30.3 Å². The Labute approximate surface area is 285 Å². The number of halogens is 1. The quantitative estimate of drug-likeness (QED) is 0.0736. The predicted molar refractivity (Wildman–Crippen MR) is 186 cm³/mol. The van der Waals surface area contributed by atoms with Gasteiger partial charge in [-0.2, -0.15) is 11.3 Å². The maximum Gasteiger partial charge on any atom is 0.162 e. The number of aliphatic hydroxyl groups excluding tert-OH is 1. The molecule has 5 rings (SSSR count). The first-order chi connectivity index (χ1) is 20.9. The van der Waals surface area contributed by atoms with E-state index in [4.69, 9.17) is 4.98 Å². The first-order valence-corrected chi connectivity index (χ1v) is 16.6. The Kier molecular flexibility index (Phi) is 12.7. The van der Waals surface area contributed by atoms with E-state index in [2.05, 4.69) is 45.9 Å². The number of allylic oxidation sites excluding steroid dienone is 2. The molecular weight excluding hydrogens is 758 g/mol. The Morgan fingerprint density at radius 3 is 2.18 bits per heavy atom. The summed E-state index contributed by atoms with van der Waals surface area (Å²) in [6.45, 7) is 16.9. The average Bonchev–Trinajstić information content (AvgIpc) is 3.37. The van der Waals surface area contributed by atoms with Crippen LogP contribution >= 0.6 is 11.3 Å². The van der Waals surface area contributed by atoms with Gasteiger partial charge in [0.1, 0.15) is 5.82 Å². The monoisotopic (exact) mass is 803 g/mol. The van der Waals surface area contributed by atoms with E-state index in [1.807, 2.05) is 69.5 Å². The average molecular weight is 803 g/mol. The Morgan fingerprint density at radius 1 is 0.933 bits per heavy atom. The van der Waals surface area contributed by atoms with Crippen LogP contribution < -0.4 is 0 Å². The number of benzene rings is 3. The summed E-state index contributed by atoms with van der Waals surface area (Å²) in [6.07, 6.45) is 6.72. The predicted octanol–water partition coefficient (Wildman–Crippen LogP) is 11.7. The molecule has 6 heteroatoms. The molecule has 2 aromatic heterocycles. The summed E-state index contributed by atoms with van der Waals surface area (Å²) in [5.41, 5.74) is 3.20. The molecular formula is C39H45FIrNO2S-. The van der Waals surface area contributed by atoms with E-state index in [1.165, 1.54) is 27.3 Å². The number of hydrogen-bond donors (Lipinski definition) is 1. The Morgan fingerprint density at radius 2 is 1.56 bits per heavy atom. The van der Waals surface area contributed by atoms with Gasteiger partial charge in [0.05, 0.1) is 5.76 Å². The number of nitrogens with zero attached hydrogens (tertiary/aromatic N) is 1. The largest absolute Gasteiger partial charge is 0.512 e. The minimum absolute atomic E-state index is 0. The fraction of sp³-hybridized carbons (Fsp3) is 0.385. The molecule has 0 fully saturated rings. The number of carbonyl (C=O) groups is 1. The second kappa shape index (κ2) is 15.6. The number of fused-ring (bicyclic) bond motifs is 4. The van der Waals surface area contributed by atoms with Crippen LogP contribution in [0.15, 0.2) is 66.6 Å². The molecule has 0 aliphatic carbocycles. The van der Waals surface area contributed by atoms with Crippen LogP contribution in [0.1, 0.15) is 84.6 Å². The molecule has 3 aromatic carbocycles. The van der Waals surface area contributed by atoms with Crippen molar-refractivity contribution >= 4 is 48.8 Å². The van der Waals surface area contributed by atoms with E-state index in [0.717, 1.165) is 58.5 Å². The van der Waals surface area contributed by atoms with E-state index < -0.39 is 0 Å². The minimum atomic E-state index is -0.195. The summed E-state index contributed by atoms with van der Waals surface area (Å²) in [6, 6.07) is 19.1. The van der Waals surface area contributed by atoms with Crippen molar-refractivity contribution in [2.45, 2.75) is 86.5 Å².